The summed E-state index contributed by atoms with van der Waals surface area (Å²) in [6.07, 6.45) is -0.404. The molecule has 2 atom stereocenters. The molecule has 0 amide bonds. The van der Waals surface area contributed by atoms with Crippen LogP contribution in [-0.2, 0) is 27.7 Å². The van der Waals surface area contributed by atoms with Gasteiger partial charge >= 0.3 is 0 Å². The van der Waals surface area contributed by atoms with Crippen LogP contribution in [0.2, 0.25) is 0 Å². The number of alkyl halides is 1. The predicted molar refractivity (Wildman–Crippen MR) is 109 cm³/mol. The summed E-state index contributed by atoms with van der Waals surface area (Å²) in [5.41, 5.74) is 3.91. The van der Waals surface area contributed by atoms with Gasteiger partial charge in [0.2, 0.25) is 0 Å². The Kier molecular flexibility index (Phi) is 5.42. The van der Waals surface area contributed by atoms with Crippen molar-refractivity contribution >= 4 is 20.9 Å². The summed E-state index contributed by atoms with van der Waals surface area (Å²) in [5.74, 6) is 0.688. The summed E-state index contributed by atoms with van der Waals surface area (Å²) < 4.78 is 43.4. The quantitative estimate of drug-likeness (QED) is 0.667. The first-order valence-corrected chi connectivity index (χ1v) is 11.4. The lowest BCUT2D eigenvalue weighted by molar-refractivity contribution is 0.00864. The topological polar surface area (TPSA) is 75.3 Å². The number of sulfone groups is 1. The van der Waals surface area contributed by atoms with Gasteiger partial charge in [0, 0.05) is 25.9 Å². The number of aromatic amines is 1. The molecule has 1 fully saturated rings. The molecule has 4 rings (SSSR count). The van der Waals surface area contributed by atoms with Gasteiger partial charge in [-0.15, -0.1) is 0 Å². The highest BCUT2D eigenvalue weighted by atomic mass is 32.2. The van der Waals surface area contributed by atoms with E-state index in [9.17, 15) is 12.8 Å². The van der Waals surface area contributed by atoms with Gasteiger partial charge in [-0.3, -0.25) is 4.90 Å². The Balaban J connectivity index is 1.34. The highest BCUT2D eigenvalue weighted by Gasteiger charge is 2.33. The first kappa shape index (κ1) is 20.0. The predicted octanol–water partition coefficient (Wildman–Crippen LogP) is 3.01. The molecule has 8 heteroatoms. The maximum atomic E-state index is 14.4. The standard InChI is InChI=1S/C21H24FN3O3S/c1-14-3-8-18-19(9-14)24-21(23-18)13-28-20-12-25(11-17(20)22)10-15-4-6-16(7-5-15)29(2,26)27/h3-9,17,20H,10-13H2,1-2H3,(H,23,24). The fourth-order valence-electron chi connectivity index (χ4n) is 3.62. The van der Waals surface area contributed by atoms with Crippen molar-refractivity contribution in [3.63, 3.8) is 0 Å². The van der Waals surface area contributed by atoms with E-state index >= 15 is 0 Å². The number of hydrogen-bond donors (Lipinski definition) is 1. The minimum absolute atomic E-state index is 0.232. The van der Waals surface area contributed by atoms with E-state index in [0.29, 0.717) is 18.9 Å². The van der Waals surface area contributed by atoms with Crippen molar-refractivity contribution in [2.45, 2.75) is 37.2 Å². The van der Waals surface area contributed by atoms with E-state index in [4.69, 9.17) is 4.74 Å². The SMILES string of the molecule is Cc1ccc2nc(COC3CN(Cc4ccc(S(C)(=O)=O)cc4)CC3F)[nH]c2c1. The summed E-state index contributed by atoms with van der Waals surface area (Å²) in [7, 11) is -3.21. The zero-order valence-corrected chi connectivity index (χ0v) is 17.2. The van der Waals surface area contributed by atoms with Gasteiger partial charge in [0.15, 0.2) is 9.84 Å². The van der Waals surface area contributed by atoms with Crippen molar-refractivity contribution in [1.82, 2.24) is 14.9 Å². The molecule has 1 aliphatic rings. The van der Waals surface area contributed by atoms with E-state index in [1.54, 1.807) is 24.3 Å². The van der Waals surface area contributed by atoms with Crippen LogP contribution in [0.5, 0.6) is 0 Å². The molecule has 0 saturated carbocycles. The minimum Gasteiger partial charge on any atom is -0.366 e. The molecule has 154 valence electrons. The molecule has 2 heterocycles. The van der Waals surface area contributed by atoms with E-state index in [0.717, 1.165) is 22.2 Å². The van der Waals surface area contributed by atoms with E-state index < -0.39 is 22.1 Å². The lowest BCUT2D eigenvalue weighted by atomic mass is 10.2. The molecular formula is C21H24FN3O3S. The van der Waals surface area contributed by atoms with Gasteiger partial charge < -0.3 is 9.72 Å². The van der Waals surface area contributed by atoms with Crippen molar-refractivity contribution < 1.29 is 17.5 Å². The van der Waals surface area contributed by atoms with E-state index in [2.05, 4.69) is 9.97 Å². The Morgan fingerprint density at radius 1 is 1.21 bits per heavy atom. The number of hydrogen-bond acceptors (Lipinski definition) is 5. The normalized spacial score (nSPS) is 20.5. The molecule has 0 bridgehead atoms. The molecule has 29 heavy (non-hydrogen) atoms. The van der Waals surface area contributed by atoms with Crippen molar-refractivity contribution in [2.75, 3.05) is 19.3 Å². The second kappa shape index (κ2) is 7.85. The minimum atomic E-state index is -3.21. The second-order valence-corrected chi connectivity index (χ2v) is 9.70. The molecule has 1 saturated heterocycles. The van der Waals surface area contributed by atoms with Gasteiger partial charge in [-0.25, -0.2) is 17.8 Å². The van der Waals surface area contributed by atoms with Crippen LogP contribution in [-0.4, -0.2) is 54.9 Å². The van der Waals surface area contributed by atoms with Crippen LogP contribution in [0.25, 0.3) is 11.0 Å². The second-order valence-electron chi connectivity index (χ2n) is 7.68. The summed E-state index contributed by atoms with van der Waals surface area (Å²) in [4.78, 5) is 9.98. The van der Waals surface area contributed by atoms with Crippen LogP contribution < -0.4 is 0 Å². The van der Waals surface area contributed by atoms with Gasteiger partial charge in [0.05, 0.1) is 15.9 Å². The van der Waals surface area contributed by atoms with Crippen LogP contribution in [0, 0.1) is 6.92 Å². The third-order valence-corrected chi connectivity index (χ3v) is 6.28. The van der Waals surface area contributed by atoms with Gasteiger partial charge in [0.25, 0.3) is 0 Å². The molecule has 2 unspecified atom stereocenters. The number of aryl methyl sites for hydroxylation is 1. The summed E-state index contributed by atoms with van der Waals surface area (Å²) in [6.45, 7) is 3.57. The Hall–Kier alpha value is -2.29. The molecule has 3 aromatic rings. The van der Waals surface area contributed by atoms with Gasteiger partial charge in [0.1, 0.15) is 24.7 Å². The fourth-order valence-corrected chi connectivity index (χ4v) is 4.26. The van der Waals surface area contributed by atoms with Crippen molar-refractivity contribution in [3.05, 3.63) is 59.4 Å². The first-order chi connectivity index (χ1) is 13.8. The molecule has 1 N–H and O–H groups in total. The number of imidazole rings is 1. The summed E-state index contributed by atoms with van der Waals surface area (Å²) in [5, 5.41) is 0. The molecule has 0 spiro atoms. The zero-order valence-electron chi connectivity index (χ0n) is 16.4. The average molecular weight is 418 g/mol. The number of nitrogens with zero attached hydrogens (tertiary/aromatic N) is 2. The largest absolute Gasteiger partial charge is 0.366 e. The molecule has 0 radical (unpaired) electrons. The number of fused-ring (bicyclic) bond motifs is 1. The molecular weight excluding hydrogens is 393 g/mol. The smallest absolute Gasteiger partial charge is 0.175 e. The van der Waals surface area contributed by atoms with Crippen molar-refractivity contribution in [3.8, 4) is 0 Å². The average Bonchev–Trinajstić information content (AvgIpc) is 3.21. The highest BCUT2D eigenvalue weighted by molar-refractivity contribution is 7.90. The van der Waals surface area contributed by atoms with Crippen LogP contribution >= 0.6 is 0 Å². The summed E-state index contributed by atoms with van der Waals surface area (Å²) >= 11 is 0. The van der Waals surface area contributed by atoms with Crippen molar-refractivity contribution in [1.29, 1.82) is 0 Å². The number of halogens is 1. The number of likely N-dealkylation sites (tertiary alicyclic amines) is 1. The van der Waals surface area contributed by atoms with Crippen LogP contribution in [0.1, 0.15) is 17.0 Å². The first-order valence-electron chi connectivity index (χ1n) is 9.50. The number of benzene rings is 2. The lowest BCUT2D eigenvalue weighted by Gasteiger charge is -2.16. The molecule has 2 aromatic carbocycles. The molecule has 1 aliphatic heterocycles. The van der Waals surface area contributed by atoms with Gasteiger partial charge in [-0.2, -0.15) is 0 Å². The molecule has 0 aliphatic carbocycles. The van der Waals surface area contributed by atoms with E-state index in [-0.39, 0.29) is 18.0 Å². The lowest BCUT2D eigenvalue weighted by Crippen LogP contribution is -2.24. The fraction of sp³-hybridized carbons (Fsp3) is 0.381. The number of aromatic nitrogens is 2. The number of rotatable bonds is 6. The van der Waals surface area contributed by atoms with Gasteiger partial charge in [-0.05, 0) is 42.3 Å². The third kappa shape index (κ3) is 4.66. The van der Waals surface area contributed by atoms with Crippen molar-refractivity contribution in [2.24, 2.45) is 0 Å². The highest BCUT2D eigenvalue weighted by Crippen LogP contribution is 2.21. The summed E-state index contributed by atoms with van der Waals surface area (Å²) in [6, 6.07) is 12.7. The Morgan fingerprint density at radius 3 is 2.69 bits per heavy atom. The third-order valence-electron chi connectivity index (χ3n) is 5.15. The number of H-pyrrole nitrogens is 1. The van der Waals surface area contributed by atoms with E-state index in [1.165, 1.54) is 6.26 Å². The monoisotopic (exact) mass is 417 g/mol. The number of nitrogens with one attached hydrogen (secondary N) is 1. The molecule has 1 aromatic heterocycles. The molecule has 6 nitrogen and oxygen atoms in total. The Labute approximate surface area is 169 Å². The van der Waals surface area contributed by atoms with Crippen LogP contribution in [0.4, 0.5) is 4.39 Å². The Bertz CT molecular complexity index is 1110. The maximum Gasteiger partial charge on any atom is 0.175 e. The van der Waals surface area contributed by atoms with Gasteiger partial charge in [-0.1, -0.05) is 18.2 Å². The maximum absolute atomic E-state index is 14.4. The van der Waals surface area contributed by atoms with E-state index in [1.807, 2.05) is 30.0 Å². The zero-order chi connectivity index (χ0) is 20.6. The van der Waals surface area contributed by atoms with Crippen LogP contribution in [0.3, 0.4) is 0 Å². The van der Waals surface area contributed by atoms with Crippen LogP contribution in [0.15, 0.2) is 47.4 Å². The number of ether oxygens (including phenoxy) is 1. The Morgan fingerprint density at radius 2 is 1.97 bits per heavy atom.